The van der Waals surface area contributed by atoms with Gasteiger partial charge >= 0.3 is 6.09 Å². The minimum absolute atomic E-state index is 0.0408. The molecule has 0 aromatic heterocycles. The topological polar surface area (TPSA) is 82.0 Å². The number of aliphatic hydroxyl groups excluding tert-OH is 2. The number of likely N-dealkylation sites (tertiary alicyclic amines) is 1. The minimum atomic E-state index is -0.458. The summed E-state index contributed by atoms with van der Waals surface area (Å²) in [6, 6.07) is 0.0922. The molecule has 1 fully saturated rings. The zero-order valence-corrected chi connectivity index (χ0v) is 10.4. The van der Waals surface area contributed by atoms with Gasteiger partial charge in [0.2, 0.25) is 0 Å². The van der Waals surface area contributed by atoms with Crippen LogP contribution in [0.25, 0.3) is 0 Å². The molecule has 0 spiro atoms. The van der Waals surface area contributed by atoms with E-state index in [1.165, 1.54) is 7.11 Å². The average Bonchev–Trinajstić information content (AvgIpc) is 2.34. The fourth-order valence-electron chi connectivity index (χ4n) is 2.18. The molecule has 3 unspecified atom stereocenters. The molecular formula is C11H22N2O4. The maximum absolute atomic E-state index is 11.5. The highest BCUT2D eigenvalue weighted by molar-refractivity contribution is 5.67. The van der Waals surface area contributed by atoms with Gasteiger partial charge in [-0.15, -0.1) is 0 Å². The first-order valence-electron chi connectivity index (χ1n) is 5.93. The third-order valence-electron chi connectivity index (χ3n) is 3.14. The standard InChI is InChI=1S/C11H22N2O4/c1-8(15)9-5-10(12-3-4-14)7-13(6-9)11(16)17-2/h8-10,12,14-15H,3-7H2,1-2H3. The van der Waals surface area contributed by atoms with Crippen molar-refractivity contribution in [1.82, 2.24) is 10.2 Å². The lowest BCUT2D eigenvalue weighted by molar-refractivity contribution is 0.0421. The molecule has 17 heavy (non-hydrogen) atoms. The lowest BCUT2D eigenvalue weighted by atomic mass is 9.90. The van der Waals surface area contributed by atoms with Crippen molar-refractivity contribution in [2.24, 2.45) is 5.92 Å². The number of ether oxygens (including phenoxy) is 1. The zero-order valence-electron chi connectivity index (χ0n) is 10.4. The smallest absolute Gasteiger partial charge is 0.409 e. The predicted molar refractivity (Wildman–Crippen MR) is 62.6 cm³/mol. The van der Waals surface area contributed by atoms with Crippen molar-refractivity contribution in [3.63, 3.8) is 0 Å². The van der Waals surface area contributed by atoms with Crippen molar-refractivity contribution >= 4 is 6.09 Å². The third-order valence-corrected chi connectivity index (χ3v) is 3.14. The Hall–Kier alpha value is -0.850. The molecule has 1 aliphatic rings. The summed E-state index contributed by atoms with van der Waals surface area (Å²) in [6.07, 6.45) is -0.0300. The van der Waals surface area contributed by atoms with Crippen molar-refractivity contribution in [1.29, 1.82) is 0 Å². The van der Waals surface area contributed by atoms with E-state index in [0.717, 1.165) is 6.42 Å². The second-order valence-electron chi connectivity index (χ2n) is 4.49. The number of methoxy groups -OCH3 is 1. The summed E-state index contributed by atoms with van der Waals surface area (Å²) in [6.45, 7) is 3.35. The van der Waals surface area contributed by atoms with E-state index in [4.69, 9.17) is 9.84 Å². The van der Waals surface area contributed by atoms with Crippen LogP contribution >= 0.6 is 0 Å². The van der Waals surface area contributed by atoms with E-state index in [-0.39, 0.29) is 24.7 Å². The summed E-state index contributed by atoms with van der Waals surface area (Å²) < 4.78 is 4.70. The summed E-state index contributed by atoms with van der Waals surface area (Å²) >= 11 is 0. The molecule has 0 radical (unpaired) electrons. The number of nitrogens with one attached hydrogen (secondary N) is 1. The lowest BCUT2D eigenvalue weighted by Crippen LogP contribution is -2.53. The lowest BCUT2D eigenvalue weighted by Gasteiger charge is -2.38. The van der Waals surface area contributed by atoms with Gasteiger partial charge in [-0.05, 0) is 13.3 Å². The molecule has 0 aromatic carbocycles. The zero-order chi connectivity index (χ0) is 12.8. The van der Waals surface area contributed by atoms with E-state index in [0.29, 0.717) is 19.6 Å². The van der Waals surface area contributed by atoms with Crippen molar-refractivity contribution in [3.8, 4) is 0 Å². The number of amides is 1. The number of rotatable bonds is 4. The van der Waals surface area contributed by atoms with Gasteiger partial charge in [0.25, 0.3) is 0 Å². The van der Waals surface area contributed by atoms with Crippen molar-refractivity contribution < 1.29 is 19.7 Å². The molecule has 0 saturated carbocycles. The first-order chi connectivity index (χ1) is 8.08. The number of hydrogen-bond donors (Lipinski definition) is 3. The number of hydrogen-bond acceptors (Lipinski definition) is 5. The van der Waals surface area contributed by atoms with Crippen LogP contribution in [-0.4, -0.2) is 66.7 Å². The quantitative estimate of drug-likeness (QED) is 0.617. The summed E-state index contributed by atoms with van der Waals surface area (Å²) in [7, 11) is 1.35. The molecular weight excluding hydrogens is 224 g/mol. The monoisotopic (exact) mass is 246 g/mol. The molecule has 1 heterocycles. The first-order valence-corrected chi connectivity index (χ1v) is 5.93. The molecule has 6 heteroatoms. The highest BCUT2D eigenvalue weighted by Crippen LogP contribution is 2.20. The fraction of sp³-hybridized carbons (Fsp3) is 0.909. The van der Waals surface area contributed by atoms with Crippen LogP contribution in [0.4, 0.5) is 4.79 Å². The molecule has 1 saturated heterocycles. The van der Waals surface area contributed by atoms with E-state index in [2.05, 4.69) is 5.32 Å². The van der Waals surface area contributed by atoms with Gasteiger partial charge in [0, 0.05) is 31.6 Å². The number of aliphatic hydroxyl groups is 2. The van der Waals surface area contributed by atoms with Gasteiger partial charge < -0.3 is 25.2 Å². The summed E-state index contributed by atoms with van der Waals surface area (Å²) in [5, 5.41) is 21.6. The molecule has 100 valence electrons. The Bertz CT molecular complexity index is 248. The van der Waals surface area contributed by atoms with Crippen LogP contribution in [-0.2, 0) is 4.74 Å². The van der Waals surface area contributed by atoms with Gasteiger partial charge in [-0.25, -0.2) is 4.79 Å². The average molecular weight is 246 g/mol. The third kappa shape index (κ3) is 4.14. The second kappa shape index (κ2) is 6.78. The van der Waals surface area contributed by atoms with Crippen molar-refractivity contribution in [3.05, 3.63) is 0 Å². The highest BCUT2D eigenvalue weighted by atomic mass is 16.5. The largest absolute Gasteiger partial charge is 0.453 e. The Kier molecular flexibility index (Phi) is 5.67. The Morgan fingerprint density at radius 1 is 1.59 bits per heavy atom. The van der Waals surface area contributed by atoms with Crippen LogP contribution in [0.3, 0.4) is 0 Å². The van der Waals surface area contributed by atoms with Crippen molar-refractivity contribution in [2.75, 3.05) is 33.4 Å². The van der Waals surface area contributed by atoms with Crippen LogP contribution in [0.2, 0.25) is 0 Å². The predicted octanol–water partition coefficient (Wildman–Crippen LogP) is -0.594. The molecule has 3 atom stereocenters. The van der Waals surface area contributed by atoms with Crippen molar-refractivity contribution in [2.45, 2.75) is 25.5 Å². The second-order valence-corrected chi connectivity index (χ2v) is 4.49. The molecule has 0 aliphatic carbocycles. The maximum Gasteiger partial charge on any atom is 0.409 e. The van der Waals surface area contributed by atoms with E-state index in [9.17, 15) is 9.90 Å². The Morgan fingerprint density at radius 3 is 2.82 bits per heavy atom. The maximum atomic E-state index is 11.5. The van der Waals surface area contributed by atoms with Gasteiger partial charge in [-0.2, -0.15) is 0 Å². The molecule has 0 bridgehead atoms. The van der Waals surface area contributed by atoms with Gasteiger partial charge in [0.1, 0.15) is 0 Å². The molecule has 1 aliphatic heterocycles. The van der Waals surface area contributed by atoms with Crippen LogP contribution in [0, 0.1) is 5.92 Å². The van der Waals surface area contributed by atoms with Gasteiger partial charge in [0.15, 0.2) is 0 Å². The summed E-state index contributed by atoms with van der Waals surface area (Å²) in [5.41, 5.74) is 0. The molecule has 1 amide bonds. The minimum Gasteiger partial charge on any atom is -0.453 e. The van der Waals surface area contributed by atoms with Gasteiger partial charge in [-0.3, -0.25) is 0 Å². The van der Waals surface area contributed by atoms with E-state index in [1.807, 2.05) is 0 Å². The number of carbonyl (C=O) groups is 1. The fourth-order valence-corrected chi connectivity index (χ4v) is 2.18. The Labute approximate surface area is 102 Å². The normalized spacial score (nSPS) is 26.7. The Morgan fingerprint density at radius 2 is 2.29 bits per heavy atom. The van der Waals surface area contributed by atoms with Gasteiger partial charge in [0.05, 0.1) is 19.8 Å². The number of nitrogens with zero attached hydrogens (tertiary/aromatic N) is 1. The van der Waals surface area contributed by atoms with Crippen LogP contribution in [0.1, 0.15) is 13.3 Å². The van der Waals surface area contributed by atoms with E-state index in [1.54, 1.807) is 11.8 Å². The molecule has 6 nitrogen and oxygen atoms in total. The summed E-state index contributed by atoms with van der Waals surface area (Å²) in [5.74, 6) is 0.0408. The SMILES string of the molecule is COC(=O)N1CC(NCCO)CC(C(C)O)C1. The van der Waals surface area contributed by atoms with E-state index < -0.39 is 6.10 Å². The van der Waals surface area contributed by atoms with E-state index >= 15 is 0 Å². The Balaban J connectivity index is 2.59. The molecule has 0 aromatic rings. The number of carbonyl (C=O) groups excluding carboxylic acids is 1. The molecule has 3 N–H and O–H groups in total. The van der Waals surface area contributed by atoms with Crippen LogP contribution in [0.15, 0.2) is 0 Å². The van der Waals surface area contributed by atoms with Gasteiger partial charge in [-0.1, -0.05) is 0 Å². The first kappa shape index (κ1) is 14.2. The van der Waals surface area contributed by atoms with Crippen LogP contribution < -0.4 is 5.32 Å². The van der Waals surface area contributed by atoms with Crippen LogP contribution in [0.5, 0.6) is 0 Å². The summed E-state index contributed by atoms with van der Waals surface area (Å²) in [4.78, 5) is 13.1. The highest BCUT2D eigenvalue weighted by Gasteiger charge is 2.32. The molecule has 1 rings (SSSR count). The number of piperidine rings is 1.